The Balaban J connectivity index is 1.89. The van der Waals surface area contributed by atoms with Crippen molar-refractivity contribution in [3.63, 3.8) is 0 Å². The first-order valence-electron chi connectivity index (χ1n) is 11.0. The van der Waals surface area contributed by atoms with Crippen LogP contribution in [0, 0.1) is 6.92 Å². The Morgan fingerprint density at radius 1 is 0.794 bits per heavy atom. The maximum Gasteiger partial charge on any atom is 0.330 e. The van der Waals surface area contributed by atoms with Crippen LogP contribution in [-0.2, 0) is 31.1 Å². The van der Waals surface area contributed by atoms with Crippen molar-refractivity contribution in [3.8, 4) is 0 Å². The fourth-order valence-corrected chi connectivity index (χ4v) is 5.91. The van der Waals surface area contributed by atoms with Gasteiger partial charge in [-0.1, -0.05) is 54.6 Å². The van der Waals surface area contributed by atoms with Crippen molar-refractivity contribution >= 4 is 33.6 Å². The van der Waals surface area contributed by atoms with E-state index in [1.165, 1.54) is 13.2 Å². The third-order valence-electron chi connectivity index (χ3n) is 5.22. The molecule has 0 saturated carbocycles. The van der Waals surface area contributed by atoms with Crippen LogP contribution in [0.1, 0.15) is 30.4 Å². The van der Waals surface area contributed by atoms with Crippen molar-refractivity contribution in [1.82, 2.24) is 0 Å². The molecule has 3 aromatic rings. The molecule has 0 bridgehead atoms. The number of unbranched alkanes of at least 4 members (excludes halogenated alkanes) is 2. The van der Waals surface area contributed by atoms with Crippen LogP contribution >= 0.6 is 0 Å². The van der Waals surface area contributed by atoms with Gasteiger partial charge in [0.15, 0.2) is 0 Å². The van der Waals surface area contributed by atoms with Crippen LogP contribution in [0.5, 0.6) is 0 Å². The van der Waals surface area contributed by atoms with Crippen LogP contribution in [0.15, 0.2) is 111 Å². The Morgan fingerprint density at radius 2 is 1.32 bits per heavy atom. The van der Waals surface area contributed by atoms with Crippen molar-refractivity contribution in [1.29, 1.82) is 0 Å². The van der Waals surface area contributed by atoms with Crippen molar-refractivity contribution in [2.75, 3.05) is 7.11 Å². The molecule has 2 unspecified atom stereocenters. The normalized spacial score (nSPS) is 13.2. The molecular formula is C28H28O4S2. The summed E-state index contributed by atoms with van der Waals surface area (Å²) in [4.78, 5) is 14.0. The highest BCUT2D eigenvalue weighted by Crippen LogP contribution is 2.30. The largest absolute Gasteiger partial charge is 0.466 e. The highest BCUT2D eigenvalue weighted by atomic mass is 32.2. The molecule has 176 valence electrons. The van der Waals surface area contributed by atoms with E-state index in [1.807, 2.05) is 91.9 Å². The minimum absolute atomic E-state index is 0.359. The van der Waals surface area contributed by atoms with Gasteiger partial charge in [-0.25, -0.2) is 13.2 Å². The maximum atomic E-state index is 13.4. The molecule has 0 spiro atoms. The standard InChI is InChI=1S/C28H28O4S2/c1-22-25(18-12-4-3-5-13-19-28(29)32-2)27(34(31)24-16-10-7-11-17-24)21-20-26(22)33(30)23-14-8-6-9-15-23/h6-21H,3-5H2,1-2H3/b18-12+,19-13+. The van der Waals surface area contributed by atoms with Gasteiger partial charge in [-0.2, -0.15) is 0 Å². The number of carbonyl (C=O) groups excluding carboxylic acids is 1. The van der Waals surface area contributed by atoms with Crippen LogP contribution in [-0.4, -0.2) is 21.5 Å². The topological polar surface area (TPSA) is 60.4 Å². The summed E-state index contributed by atoms with van der Waals surface area (Å²) < 4.78 is 31.2. The molecule has 0 radical (unpaired) electrons. The van der Waals surface area contributed by atoms with Gasteiger partial charge in [0, 0.05) is 20.8 Å². The van der Waals surface area contributed by atoms with E-state index < -0.39 is 21.6 Å². The van der Waals surface area contributed by atoms with Crippen molar-refractivity contribution < 1.29 is 17.9 Å². The number of carbonyl (C=O) groups is 1. The van der Waals surface area contributed by atoms with E-state index in [4.69, 9.17) is 0 Å². The first-order chi connectivity index (χ1) is 16.5. The number of ether oxygens (including phenoxy) is 1. The molecule has 0 heterocycles. The van der Waals surface area contributed by atoms with Gasteiger partial charge in [0.05, 0.1) is 33.6 Å². The molecule has 4 nitrogen and oxygen atoms in total. The lowest BCUT2D eigenvalue weighted by atomic mass is 10.1. The summed E-state index contributed by atoms with van der Waals surface area (Å²) in [5.41, 5.74) is 1.68. The van der Waals surface area contributed by atoms with Crippen molar-refractivity contribution in [2.24, 2.45) is 0 Å². The molecule has 0 aromatic heterocycles. The van der Waals surface area contributed by atoms with Gasteiger partial charge >= 0.3 is 5.97 Å². The van der Waals surface area contributed by atoms with E-state index >= 15 is 0 Å². The molecule has 2 atom stereocenters. The van der Waals surface area contributed by atoms with E-state index in [9.17, 15) is 13.2 Å². The molecule has 0 aliphatic heterocycles. The van der Waals surface area contributed by atoms with Gasteiger partial charge in [-0.15, -0.1) is 0 Å². The van der Waals surface area contributed by atoms with Crippen LogP contribution in [0.25, 0.3) is 6.08 Å². The molecule has 34 heavy (non-hydrogen) atoms. The molecule has 0 aliphatic carbocycles. The molecule has 3 aromatic carbocycles. The predicted molar refractivity (Wildman–Crippen MR) is 137 cm³/mol. The number of rotatable bonds is 10. The number of allylic oxidation sites excluding steroid dienone is 2. The molecule has 0 saturated heterocycles. The van der Waals surface area contributed by atoms with Gasteiger partial charge in [0.1, 0.15) is 0 Å². The molecule has 0 fully saturated rings. The Kier molecular flexibility index (Phi) is 9.74. The Labute approximate surface area is 206 Å². The van der Waals surface area contributed by atoms with E-state index in [1.54, 1.807) is 6.08 Å². The highest BCUT2D eigenvalue weighted by molar-refractivity contribution is 7.85. The quantitative estimate of drug-likeness (QED) is 0.191. The highest BCUT2D eigenvalue weighted by Gasteiger charge is 2.18. The first-order valence-corrected chi connectivity index (χ1v) is 13.3. The number of hydrogen-bond acceptors (Lipinski definition) is 4. The molecule has 0 amide bonds. The number of esters is 1. The average Bonchev–Trinajstić information content (AvgIpc) is 2.88. The zero-order valence-electron chi connectivity index (χ0n) is 19.3. The number of methoxy groups -OCH3 is 1. The summed E-state index contributed by atoms with van der Waals surface area (Å²) >= 11 is 0. The minimum atomic E-state index is -1.36. The van der Waals surface area contributed by atoms with Crippen LogP contribution < -0.4 is 0 Å². The van der Waals surface area contributed by atoms with Crippen LogP contribution in [0.3, 0.4) is 0 Å². The third-order valence-corrected chi connectivity index (χ3v) is 8.22. The molecular weight excluding hydrogens is 464 g/mol. The first kappa shape index (κ1) is 25.5. The average molecular weight is 493 g/mol. The minimum Gasteiger partial charge on any atom is -0.466 e. The Hall–Kier alpha value is -3.09. The SMILES string of the molecule is COC(=O)/C=C/CCC/C=C/c1c(S(=O)c2ccccc2)ccc(S(=O)c2ccccc2)c1C. The van der Waals surface area contributed by atoms with Crippen molar-refractivity contribution in [3.05, 3.63) is 102 Å². The second-order valence-corrected chi connectivity index (χ2v) is 10.4. The van der Waals surface area contributed by atoms with Gasteiger partial charge < -0.3 is 4.74 Å². The lowest BCUT2D eigenvalue weighted by Gasteiger charge is -2.14. The second-order valence-electron chi connectivity index (χ2n) is 7.52. The maximum absolute atomic E-state index is 13.4. The summed E-state index contributed by atoms with van der Waals surface area (Å²) in [6.45, 7) is 1.93. The summed E-state index contributed by atoms with van der Waals surface area (Å²) in [7, 11) is -1.35. The van der Waals surface area contributed by atoms with Gasteiger partial charge in [0.25, 0.3) is 0 Å². The summed E-state index contributed by atoms with van der Waals surface area (Å²) in [5, 5.41) is 0. The summed E-state index contributed by atoms with van der Waals surface area (Å²) in [6.07, 6.45) is 9.63. The van der Waals surface area contributed by atoms with Gasteiger partial charge in [-0.05, 0) is 73.7 Å². The lowest BCUT2D eigenvalue weighted by molar-refractivity contribution is -0.134. The van der Waals surface area contributed by atoms with Gasteiger partial charge in [0.2, 0.25) is 0 Å². The zero-order chi connectivity index (χ0) is 24.3. The van der Waals surface area contributed by atoms with Crippen LogP contribution in [0.2, 0.25) is 0 Å². The second kappa shape index (κ2) is 13.0. The van der Waals surface area contributed by atoms with Gasteiger partial charge in [-0.3, -0.25) is 0 Å². The zero-order valence-corrected chi connectivity index (χ0v) is 20.9. The lowest BCUT2D eigenvalue weighted by Crippen LogP contribution is -2.03. The van der Waals surface area contributed by atoms with Crippen LogP contribution in [0.4, 0.5) is 0 Å². The van der Waals surface area contributed by atoms with Crippen molar-refractivity contribution in [2.45, 2.75) is 45.8 Å². The number of hydrogen-bond donors (Lipinski definition) is 0. The predicted octanol–water partition coefficient (Wildman–Crippen LogP) is 6.24. The Morgan fingerprint density at radius 3 is 1.91 bits per heavy atom. The van der Waals surface area contributed by atoms with E-state index in [2.05, 4.69) is 4.74 Å². The summed E-state index contributed by atoms with van der Waals surface area (Å²) in [6, 6.07) is 22.3. The summed E-state index contributed by atoms with van der Waals surface area (Å²) in [5.74, 6) is -0.359. The number of benzene rings is 3. The third kappa shape index (κ3) is 6.72. The Bertz CT molecular complexity index is 1220. The molecule has 0 aliphatic rings. The monoisotopic (exact) mass is 492 g/mol. The van der Waals surface area contributed by atoms with E-state index in [-0.39, 0.29) is 5.97 Å². The molecule has 6 heteroatoms. The fourth-order valence-electron chi connectivity index (χ4n) is 3.40. The molecule has 3 rings (SSSR count). The smallest absolute Gasteiger partial charge is 0.330 e. The van der Waals surface area contributed by atoms with E-state index in [0.29, 0.717) is 9.79 Å². The molecule has 0 N–H and O–H groups in total. The van der Waals surface area contributed by atoms with E-state index in [0.717, 1.165) is 40.2 Å². The fraction of sp³-hybridized carbons (Fsp3) is 0.179.